The molecule has 3 rings (SSSR count). The summed E-state index contributed by atoms with van der Waals surface area (Å²) in [5.41, 5.74) is 0.299. The van der Waals surface area contributed by atoms with Crippen LogP contribution in [0.4, 0.5) is 0 Å². The van der Waals surface area contributed by atoms with Crippen LogP contribution in [-0.4, -0.2) is 65.4 Å². The predicted molar refractivity (Wildman–Crippen MR) is 97.8 cm³/mol. The summed E-state index contributed by atoms with van der Waals surface area (Å²) < 4.78 is 38.6. The summed E-state index contributed by atoms with van der Waals surface area (Å²) in [4.78, 5) is 14.3. The third-order valence-electron chi connectivity index (χ3n) is 4.58. The first-order valence-corrected chi connectivity index (χ1v) is 11.6. The van der Waals surface area contributed by atoms with Crippen molar-refractivity contribution < 1.29 is 17.4 Å². The van der Waals surface area contributed by atoms with Gasteiger partial charge in [0, 0.05) is 54.0 Å². The third kappa shape index (κ3) is 4.07. The van der Waals surface area contributed by atoms with Gasteiger partial charge in [-0.2, -0.15) is 4.31 Å². The molecule has 0 bridgehead atoms. The Morgan fingerprint density at radius 1 is 1.04 bits per heavy atom. The van der Waals surface area contributed by atoms with Gasteiger partial charge in [-0.15, -0.1) is 0 Å². The van der Waals surface area contributed by atoms with Gasteiger partial charge in [-0.1, -0.05) is 18.0 Å². The average molecular weight is 405 g/mol. The lowest BCUT2D eigenvalue weighted by molar-refractivity contribution is 0.0771. The van der Waals surface area contributed by atoms with Gasteiger partial charge in [-0.3, -0.25) is 9.00 Å². The molecule has 6 nitrogen and oxygen atoms in total. The fraction of sp³-hybridized carbons (Fsp3) is 0.562. The highest BCUT2D eigenvalue weighted by Crippen LogP contribution is 2.28. The van der Waals surface area contributed by atoms with Crippen LogP contribution in [0.1, 0.15) is 29.6 Å². The highest BCUT2D eigenvalue weighted by Gasteiger charge is 2.29. The predicted octanol–water partition coefficient (Wildman–Crippen LogP) is 1.72. The SMILES string of the molecule is O=C(c1ccc(Cl)c(S(=O)(=O)N2CCCCC2)c1)N1CCS(=O)CC1. The maximum atomic E-state index is 12.9. The van der Waals surface area contributed by atoms with Crippen molar-refractivity contribution in [2.45, 2.75) is 24.2 Å². The summed E-state index contributed by atoms with van der Waals surface area (Å²) in [7, 11) is -4.58. The number of benzene rings is 1. The monoisotopic (exact) mass is 404 g/mol. The summed E-state index contributed by atoms with van der Waals surface area (Å²) in [5, 5.41) is 0.127. The van der Waals surface area contributed by atoms with Gasteiger partial charge in [-0.25, -0.2) is 8.42 Å². The summed E-state index contributed by atoms with van der Waals surface area (Å²) in [6, 6.07) is 4.39. The van der Waals surface area contributed by atoms with Crippen molar-refractivity contribution in [1.29, 1.82) is 0 Å². The molecule has 0 radical (unpaired) electrons. The smallest absolute Gasteiger partial charge is 0.253 e. The lowest BCUT2D eigenvalue weighted by Gasteiger charge is -2.28. The molecule has 0 unspecified atom stereocenters. The summed E-state index contributed by atoms with van der Waals surface area (Å²) in [5.74, 6) is 0.666. The molecule has 138 valence electrons. The van der Waals surface area contributed by atoms with Crippen molar-refractivity contribution in [3.8, 4) is 0 Å². The number of hydrogen-bond acceptors (Lipinski definition) is 4. The number of carbonyl (C=O) groups excluding carboxylic acids is 1. The van der Waals surface area contributed by atoms with Crippen molar-refractivity contribution in [3.63, 3.8) is 0 Å². The number of hydrogen-bond donors (Lipinski definition) is 0. The van der Waals surface area contributed by atoms with Gasteiger partial charge in [0.2, 0.25) is 10.0 Å². The number of carbonyl (C=O) groups is 1. The van der Waals surface area contributed by atoms with Crippen LogP contribution < -0.4 is 0 Å². The first-order chi connectivity index (χ1) is 11.9. The summed E-state index contributed by atoms with van der Waals surface area (Å²) >= 11 is 6.14. The number of rotatable bonds is 3. The second-order valence-electron chi connectivity index (χ2n) is 6.25. The largest absolute Gasteiger partial charge is 0.337 e. The molecule has 1 aromatic carbocycles. The molecule has 2 saturated heterocycles. The fourth-order valence-electron chi connectivity index (χ4n) is 3.10. The van der Waals surface area contributed by atoms with Gasteiger partial charge in [0.1, 0.15) is 4.90 Å². The van der Waals surface area contributed by atoms with Gasteiger partial charge in [0.05, 0.1) is 5.02 Å². The Morgan fingerprint density at radius 3 is 2.32 bits per heavy atom. The first kappa shape index (κ1) is 18.8. The molecule has 0 aromatic heterocycles. The minimum absolute atomic E-state index is 0.0116. The minimum atomic E-state index is -3.71. The van der Waals surface area contributed by atoms with E-state index in [1.54, 1.807) is 11.0 Å². The highest BCUT2D eigenvalue weighted by atomic mass is 35.5. The van der Waals surface area contributed by atoms with Gasteiger partial charge in [-0.05, 0) is 31.0 Å². The van der Waals surface area contributed by atoms with E-state index in [-0.39, 0.29) is 15.8 Å². The molecule has 0 aliphatic carbocycles. The summed E-state index contributed by atoms with van der Waals surface area (Å²) in [6.07, 6.45) is 2.69. The molecule has 2 fully saturated rings. The van der Waals surface area contributed by atoms with Crippen molar-refractivity contribution in [3.05, 3.63) is 28.8 Å². The Labute approximate surface area is 155 Å². The molecule has 9 heteroatoms. The zero-order valence-electron chi connectivity index (χ0n) is 13.8. The van der Waals surface area contributed by atoms with Crippen LogP contribution in [0.2, 0.25) is 5.02 Å². The van der Waals surface area contributed by atoms with Crippen molar-refractivity contribution in [2.24, 2.45) is 0 Å². The number of piperidine rings is 1. The van der Waals surface area contributed by atoms with E-state index in [0.717, 1.165) is 19.3 Å². The van der Waals surface area contributed by atoms with E-state index in [1.807, 2.05) is 0 Å². The highest BCUT2D eigenvalue weighted by molar-refractivity contribution is 7.89. The van der Waals surface area contributed by atoms with Crippen LogP contribution in [-0.2, 0) is 20.8 Å². The topological polar surface area (TPSA) is 74.8 Å². The summed E-state index contributed by atoms with van der Waals surface area (Å²) in [6.45, 7) is 1.80. The van der Waals surface area contributed by atoms with Crippen LogP contribution in [0.25, 0.3) is 0 Å². The number of sulfonamides is 1. The van der Waals surface area contributed by atoms with E-state index >= 15 is 0 Å². The minimum Gasteiger partial charge on any atom is -0.337 e. The first-order valence-electron chi connectivity index (χ1n) is 8.33. The number of halogens is 1. The lowest BCUT2D eigenvalue weighted by Crippen LogP contribution is -2.42. The zero-order chi connectivity index (χ0) is 18.0. The molecule has 1 aromatic rings. The Kier molecular flexibility index (Phi) is 5.82. The van der Waals surface area contributed by atoms with Crippen LogP contribution in [0.3, 0.4) is 0 Å². The van der Waals surface area contributed by atoms with E-state index in [1.165, 1.54) is 16.4 Å². The molecule has 1 amide bonds. The Morgan fingerprint density at radius 2 is 1.68 bits per heavy atom. The van der Waals surface area contributed by atoms with E-state index in [2.05, 4.69) is 0 Å². The van der Waals surface area contributed by atoms with Crippen LogP contribution >= 0.6 is 11.6 Å². The van der Waals surface area contributed by atoms with Gasteiger partial charge in [0.15, 0.2) is 0 Å². The van der Waals surface area contributed by atoms with Crippen molar-refractivity contribution >= 4 is 38.3 Å². The maximum Gasteiger partial charge on any atom is 0.253 e. The Balaban J connectivity index is 1.87. The van der Waals surface area contributed by atoms with Gasteiger partial charge in [0.25, 0.3) is 5.91 Å². The van der Waals surface area contributed by atoms with E-state index < -0.39 is 20.8 Å². The molecule has 0 spiro atoms. The molecule has 0 atom stereocenters. The molecule has 25 heavy (non-hydrogen) atoms. The fourth-order valence-corrected chi connectivity index (χ4v) is 6.17. The van der Waals surface area contributed by atoms with E-state index in [4.69, 9.17) is 11.6 Å². The maximum absolute atomic E-state index is 12.9. The lowest BCUT2D eigenvalue weighted by atomic mass is 10.2. The van der Waals surface area contributed by atoms with Crippen molar-refractivity contribution in [1.82, 2.24) is 9.21 Å². The van der Waals surface area contributed by atoms with E-state index in [0.29, 0.717) is 43.2 Å². The molecule has 0 saturated carbocycles. The molecular formula is C16H21ClN2O4S2. The quantitative estimate of drug-likeness (QED) is 0.768. The zero-order valence-corrected chi connectivity index (χ0v) is 16.2. The Hall–Kier alpha value is -0.960. The van der Waals surface area contributed by atoms with Crippen LogP contribution in [0.15, 0.2) is 23.1 Å². The molecular weight excluding hydrogens is 384 g/mol. The Bertz CT molecular complexity index is 781. The molecule has 2 aliphatic heterocycles. The average Bonchev–Trinajstić information content (AvgIpc) is 2.63. The van der Waals surface area contributed by atoms with Crippen LogP contribution in [0.5, 0.6) is 0 Å². The second kappa shape index (κ2) is 7.73. The third-order valence-corrected chi connectivity index (χ3v) is 8.23. The van der Waals surface area contributed by atoms with E-state index in [9.17, 15) is 17.4 Å². The molecule has 0 N–H and O–H groups in total. The van der Waals surface area contributed by atoms with Gasteiger partial charge < -0.3 is 4.90 Å². The number of nitrogens with zero attached hydrogens (tertiary/aromatic N) is 2. The second-order valence-corrected chi connectivity index (χ2v) is 10.3. The number of amides is 1. The van der Waals surface area contributed by atoms with Crippen LogP contribution in [0, 0.1) is 0 Å². The molecule has 2 heterocycles. The normalized spacial score (nSPS) is 20.6. The molecule has 2 aliphatic rings. The van der Waals surface area contributed by atoms with Crippen molar-refractivity contribution in [2.75, 3.05) is 37.7 Å². The van der Waals surface area contributed by atoms with Gasteiger partial charge >= 0.3 is 0 Å². The standard InChI is InChI=1S/C16H21ClN2O4S2/c17-14-5-4-13(16(20)18-8-10-24(21)11-9-18)12-15(14)25(22,23)19-6-2-1-3-7-19/h4-5,12H,1-3,6-11H2.